The van der Waals surface area contributed by atoms with Crippen molar-refractivity contribution in [3.8, 4) is 11.3 Å². The summed E-state index contributed by atoms with van der Waals surface area (Å²) in [6.07, 6.45) is 1.96. The number of halogens is 3. The van der Waals surface area contributed by atoms with Gasteiger partial charge in [-0.05, 0) is 42.5 Å². The highest BCUT2D eigenvalue weighted by molar-refractivity contribution is 8.01. The molecule has 4 aromatic carbocycles. The van der Waals surface area contributed by atoms with Crippen LogP contribution in [0, 0.1) is 0 Å². The average molecular weight is 566 g/mol. The van der Waals surface area contributed by atoms with Gasteiger partial charge in [-0.1, -0.05) is 84.9 Å². The van der Waals surface area contributed by atoms with Crippen LogP contribution in [0.3, 0.4) is 0 Å². The van der Waals surface area contributed by atoms with Gasteiger partial charge in [0.1, 0.15) is 28.5 Å². The van der Waals surface area contributed by atoms with Crippen molar-refractivity contribution in [1.82, 2.24) is 4.98 Å². The van der Waals surface area contributed by atoms with E-state index in [1.807, 2.05) is 12.3 Å². The van der Waals surface area contributed by atoms with Crippen LogP contribution in [0.25, 0.3) is 11.3 Å². The molecule has 0 saturated carbocycles. The van der Waals surface area contributed by atoms with Crippen molar-refractivity contribution in [2.75, 3.05) is 0 Å². The van der Waals surface area contributed by atoms with Crippen LogP contribution < -0.4 is 21.2 Å². The standard InChI is InChI=1S/C29H23NP.CHF3O3S/c1-5-13-24(14-6-1)29-23-28(21-22-30-29)31(25-15-7-2-8-16-25,26-17-9-3-10-18-26)27-19-11-4-12-20-27;2-1(3,4)8(5,6)7/h1-23H;(H,5,6,7)/q+1;/p-1. The third-order valence-corrected chi connectivity index (χ3v) is 10.8. The number of nitrogens with zero attached hydrogens (tertiary/aromatic N) is 1. The van der Waals surface area contributed by atoms with Crippen LogP contribution in [0.5, 0.6) is 0 Å². The van der Waals surface area contributed by atoms with Gasteiger partial charge in [0.2, 0.25) is 0 Å². The topological polar surface area (TPSA) is 70.1 Å². The molecule has 0 amide bonds. The Morgan fingerprint density at radius 3 is 1.31 bits per heavy atom. The summed E-state index contributed by atoms with van der Waals surface area (Å²) in [6, 6.07) is 47.7. The highest BCUT2D eigenvalue weighted by Gasteiger charge is 2.48. The summed E-state index contributed by atoms with van der Waals surface area (Å²) < 4.78 is 58.9. The SMILES string of the molecule is O=S(=O)([O-])C(F)(F)F.c1ccc(-c2cc([P+](c3ccccc3)(c3ccccc3)c3ccccc3)ccn2)cc1. The molecule has 5 rings (SSSR count). The lowest BCUT2D eigenvalue weighted by Gasteiger charge is -2.27. The van der Waals surface area contributed by atoms with E-state index >= 15 is 0 Å². The van der Waals surface area contributed by atoms with E-state index in [1.165, 1.54) is 21.2 Å². The first-order chi connectivity index (χ1) is 18.6. The van der Waals surface area contributed by atoms with Gasteiger partial charge in [0, 0.05) is 17.8 Å². The molecule has 0 fully saturated rings. The van der Waals surface area contributed by atoms with Gasteiger partial charge in [-0.15, -0.1) is 0 Å². The number of aromatic nitrogens is 1. The number of hydrogen-bond acceptors (Lipinski definition) is 4. The van der Waals surface area contributed by atoms with E-state index in [4.69, 9.17) is 18.0 Å². The maximum atomic E-state index is 10.7. The van der Waals surface area contributed by atoms with Gasteiger partial charge in [0.15, 0.2) is 10.1 Å². The average Bonchev–Trinajstić information content (AvgIpc) is 2.95. The van der Waals surface area contributed by atoms with Crippen LogP contribution in [0.2, 0.25) is 0 Å². The monoisotopic (exact) mass is 565 g/mol. The van der Waals surface area contributed by atoms with Crippen LogP contribution in [0.15, 0.2) is 140 Å². The summed E-state index contributed by atoms with van der Waals surface area (Å²) in [5.41, 5.74) is -3.51. The highest BCUT2D eigenvalue weighted by Crippen LogP contribution is 2.54. The van der Waals surface area contributed by atoms with Crippen molar-refractivity contribution in [3.63, 3.8) is 0 Å². The molecular weight excluding hydrogens is 542 g/mol. The zero-order valence-electron chi connectivity index (χ0n) is 20.4. The Labute approximate surface area is 225 Å². The third kappa shape index (κ3) is 6.25. The second-order valence-corrected chi connectivity index (χ2v) is 13.1. The van der Waals surface area contributed by atoms with Gasteiger partial charge in [-0.3, -0.25) is 4.98 Å². The van der Waals surface area contributed by atoms with Gasteiger partial charge in [0.05, 0.1) is 5.69 Å². The number of pyridine rings is 1. The quantitative estimate of drug-likeness (QED) is 0.162. The van der Waals surface area contributed by atoms with Gasteiger partial charge in [-0.25, -0.2) is 8.42 Å². The molecule has 0 aliphatic heterocycles. The minimum Gasteiger partial charge on any atom is -0.741 e. The zero-order valence-corrected chi connectivity index (χ0v) is 22.2. The van der Waals surface area contributed by atoms with E-state index in [1.54, 1.807) is 0 Å². The van der Waals surface area contributed by atoms with Crippen molar-refractivity contribution in [2.45, 2.75) is 5.51 Å². The zero-order chi connectivity index (χ0) is 27.9. The first-order valence-corrected chi connectivity index (χ1v) is 14.9. The molecule has 39 heavy (non-hydrogen) atoms. The largest absolute Gasteiger partial charge is 0.741 e. The molecule has 0 saturated heterocycles. The Morgan fingerprint density at radius 1 is 0.590 bits per heavy atom. The fourth-order valence-electron chi connectivity index (χ4n) is 4.24. The number of hydrogen-bond donors (Lipinski definition) is 0. The van der Waals surface area contributed by atoms with Crippen molar-refractivity contribution >= 4 is 38.6 Å². The van der Waals surface area contributed by atoms with E-state index in [0.29, 0.717) is 0 Å². The van der Waals surface area contributed by atoms with E-state index in [9.17, 15) is 13.2 Å². The first-order valence-electron chi connectivity index (χ1n) is 11.7. The van der Waals surface area contributed by atoms with Crippen molar-refractivity contribution in [3.05, 3.63) is 140 Å². The Kier molecular flexibility index (Phi) is 8.60. The summed E-state index contributed by atoms with van der Waals surface area (Å²) >= 11 is 0. The Morgan fingerprint density at radius 2 is 0.949 bits per heavy atom. The number of benzene rings is 4. The number of alkyl halides is 3. The van der Waals surface area contributed by atoms with E-state index in [0.717, 1.165) is 11.3 Å². The molecule has 1 aromatic heterocycles. The normalized spacial score (nSPS) is 11.8. The molecule has 0 aliphatic carbocycles. The molecule has 0 radical (unpaired) electrons. The fraction of sp³-hybridized carbons (Fsp3) is 0.0333. The van der Waals surface area contributed by atoms with Crippen LogP contribution in [-0.4, -0.2) is 23.5 Å². The molecule has 0 spiro atoms. The van der Waals surface area contributed by atoms with Crippen molar-refractivity contribution < 1.29 is 26.1 Å². The van der Waals surface area contributed by atoms with Crippen LogP contribution in [-0.2, 0) is 10.1 Å². The molecule has 0 unspecified atom stereocenters. The summed E-state index contributed by atoms with van der Waals surface area (Å²) in [5.74, 6) is 0. The summed E-state index contributed by atoms with van der Waals surface area (Å²) in [5, 5.41) is 5.35. The molecule has 9 heteroatoms. The van der Waals surface area contributed by atoms with Gasteiger partial charge >= 0.3 is 5.51 Å². The van der Waals surface area contributed by atoms with Gasteiger partial charge < -0.3 is 4.55 Å². The molecule has 0 aliphatic rings. The molecule has 0 atom stereocenters. The second kappa shape index (κ2) is 11.9. The summed E-state index contributed by atoms with van der Waals surface area (Å²) in [6.45, 7) is 0. The smallest absolute Gasteiger partial charge is 0.485 e. The third-order valence-electron chi connectivity index (χ3n) is 5.91. The van der Waals surface area contributed by atoms with E-state index in [2.05, 4.69) is 127 Å². The lowest BCUT2D eigenvalue weighted by atomic mass is 10.1. The Bertz CT molecular complexity index is 1510. The second-order valence-electron chi connectivity index (χ2n) is 8.34. The maximum absolute atomic E-state index is 10.7. The Hall–Kier alpha value is -3.84. The van der Waals surface area contributed by atoms with E-state index < -0.39 is 22.9 Å². The maximum Gasteiger partial charge on any atom is 0.485 e. The van der Waals surface area contributed by atoms with Crippen molar-refractivity contribution in [1.29, 1.82) is 0 Å². The van der Waals surface area contributed by atoms with Crippen molar-refractivity contribution in [2.24, 2.45) is 0 Å². The molecule has 4 nitrogen and oxygen atoms in total. The predicted octanol–water partition coefficient (Wildman–Crippen LogP) is 5.42. The van der Waals surface area contributed by atoms with Crippen LogP contribution >= 0.6 is 7.26 Å². The minimum atomic E-state index is -6.09. The molecule has 5 aromatic rings. The van der Waals surface area contributed by atoms with E-state index in [-0.39, 0.29) is 0 Å². The molecule has 198 valence electrons. The van der Waals surface area contributed by atoms with Crippen LogP contribution in [0.1, 0.15) is 0 Å². The lowest BCUT2D eigenvalue weighted by Crippen LogP contribution is -2.38. The number of rotatable bonds is 5. The molecule has 0 N–H and O–H groups in total. The van der Waals surface area contributed by atoms with Crippen LogP contribution in [0.4, 0.5) is 13.2 Å². The Balaban J connectivity index is 0.000000386. The molecular formula is C30H23F3NO3PS. The molecule has 0 bridgehead atoms. The lowest BCUT2D eigenvalue weighted by molar-refractivity contribution is -0.0517. The minimum absolute atomic E-state index is 1.00. The first kappa shape index (κ1) is 28.2. The van der Waals surface area contributed by atoms with Gasteiger partial charge in [0.25, 0.3) is 0 Å². The predicted molar refractivity (Wildman–Crippen MR) is 150 cm³/mol. The van der Waals surface area contributed by atoms with Gasteiger partial charge in [-0.2, -0.15) is 13.2 Å². The molecule has 1 heterocycles. The fourth-order valence-corrected chi connectivity index (χ4v) is 8.50. The highest BCUT2D eigenvalue weighted by atomic mass is 32.2. The summed E-state index contributed by atoms with van der Waals surface area (Å²) in [7, 11) is -8.18. The summed E-state index contributed by atoms with van der Waals surface area (Å²) in [4.78, 5) is 4.72.